The van der Waals surface area contributed by atoms with Gasteiger partial charge in [0, 0.05) is 12.2 Å². The Kier molecular flexibility index (Phi) is 5.11. The Hall–Kier alpha value is -1.36. The van der Waals surface area contributed by atoms with Crippen LogP contribution in [0.25, 0.3) is 0 Å². The highest BCUT2D eigenvalue weighted by molar-refractivity contribution is 5.84. The molecule has 1 heterocycles. The van der Waals surface area contributed by atoms with E-state index in [1.807, 2.05) is 18.5 Å². The van der Waals surface area contributed by atoms with Gasteiger partial charge in [-0.1, -0.05) is 6.92 Å². The van der Waals surface area contributed by atoms with Crippen LogP contribution in [-0.4, -0.2) is 28.3 Å². The highest BCUT2D eigenvalue weighted by Crippen LogP contribution is 2.16. The fourth-order valence-corrected chi connectivity index (χ4v) is 2.42. The molecule has 0 aliphatic heterocycles. The summed E-state index contributed by atoms with van der Waals surface area (Å²) in [5, 5.41) is 7.55. The summed E-state index contributed by atoms with van der Waals surface area (Å²) < 4.78 is 2.03. The standard InChI is InChI=1S/C14H26N4O/c1-6-12-10(2)17-18(11(12)3)9-7-8-14(4,16-5)13(15)19/h16H,6-9H2,1-5H3,(H2,15,19). The van der Waals surface area contributed by atoms with Crippen molar-refractivity contribution >= 4 is 5.91 Å². The molecule has 108 valence electrons. The van der Waals surface area contributed by atoms with Gasteiger partial charge in [-0.15, -0.1) is 0 Å². The molecule has 1 atom stereocenters. The van der Waals surface area contributed by atoms with Gasteiger partial charge in [0.25, 0.3) is 0 Å². The number of primary amides is 1. The highest BCUT2D eigenvalue weighted by atomic mass is 16.1. The van der Waals surface area contributed by atoms with Gasteiger partial charge >= 0.3 is 0 Å². The monoisotopic (exact) mass is 266 g/mol. The summed E-state index contributed by atoms with van der Waals surface area (Å²) in [6.07, 6.45) is 2.58. The van der Waals surface area contributed by atoms with E-state index in [0.29, 0.717) is 6.42 Å². The number of carbonyl (C=O) groups excluding carboxylic acids is 1. The van der Waals surface area contributed by atoms with Gasteiger partial charge in [-0.05, 0) is 52.6 Å². The van der Waals surface area contributed by atoms with Crippen LogP contribution in [0, 0.1) is 13.8 Å². The molecular formula is C14H26N4O. The third-order valence-electron chi connectivity index (χ3n) is 4.03. The van der Waals surface area contributed by atoms with E-state index in [0.717, 1.165) is 25.1 Å². The Bertz CT molecular complexity index is 453. The predicted octanol–water partition coefficient (Wildman–Crippen LogP) is 1.31. The molecule has 0 fully saturated rings. The molecule has 1 unspecified atom stereocenters. The third kappa shape index (κ3) is 3.35. The van der Waals surface area contributed by atoms with Crippen molar-refractivity contribution in [2.75, 3.05) is 7.05 Å². The van der Waals surface area contributed by atoms with Crippen molar-refractivity contribution in [3.8, 4) is 0 Å². The van der Waals surface area contributed by atoms with Gasteiger partial charge in [-0.25, -0.2) is 0 Å². The largest absolute Gasteiger partial charge is 0.368 e. The Morgan fingerprint density at radius 1 is 1.47 bits per heavy atom. The van der Waals surface area contributed by atoms with E-state index in [9.17, 15) is 4.79 Å². The summed E-state index contributed by atoms with van der Waals surface area (Å²) in [5.41, 5.74) is 8.44. The summed E-state index contributed by atoms with van der Waals surface area (Å²) in [7, 11) is 1.77. The first-order valence-electron chi connectivity index (χ1n) is 6.87. The van der Waals surface area contributed by atoms with E-state index in [-0.39, 0.29) is 5.91 Å². The fraction of sp³-hybridized carbons (Fsp3) is 0.714. The van der Waals surface area contributed by atoms with Crippen molar-refractivity contribution in [3.05, 3.63) is 17.0 Å². The average molecular weight is 266 g/mol. The van der Waals surface area contributed by atoms with E-state index >= 15 is 0 Å². The van der Waals surface area contributed by atoms with Crippen LogP contribution in [0.5, 0.6) is 0 Å². The molecule has 1 rings (SSSR count). The number of carbonyl (C=O) groups is 1. The van der Waals surface area contributed by atoms with E-state index in [1.54, 1.807) is 7.05 Å². The number of nitrogens with zero attached hydrogens (tertiary/aromatic N) is 2. The lowest BCUT2D eigenvalue weighted by atomic mass is 9.95. The maximum atomic E-state index is 11.4. The van der Waals surface area contributed by atoms with E-state index in [4.69, 9.17) is 5.73 Å². The quantitative estimate of drug-likeness (QED) is 0.781. The van der Waals surface area contributed by atoms with Crippen LogP contribution in [0.15, 0.2) is 0 Å². The lowest BCUT2D eigenvalue weighted by Gasteiger charge is -2.25. The van der Waals surface area contributed by atoms with E-state index in [1.165, 1.54) is 11.3 Å². The minimum atomic E-state index is -0.635. The number of likely N-dealkylation sites (N-methyl/N-ethyl adjacent to an activating group) is 1. The smallest absolute Gasteiger partial charge is 0.237 e. The predicted molar refractivity (Wildman–Crippen MR) is 77.0 cm³/mol. The first kappa shape index (κ1) is 15.7. The number of amides is 1. The van der Waals surface area contributed by atoms with Crippen molar-refractivity contribution in [2.24, 2.45) is 5.73 Å². The number of aromatic nitrogens is 2. The van der Waals surface area contributed by atoms with E-state index < -0.39 is 5.54 Å². The zero-order valence-electron chi connectivity index (χ0n) is 12.7. The van der Waals surface area contributed by atoms with Crippen LogP contribution in [0.2, 0.25) is 0 Å². The molecule has 1 aromatic heterocycles. The molecule has 0 aliphatic rings. The van der Waals surface area contributed by atoms with Crippen molar-refractivity contribution in [3.63, 3.8) is 0 Å². The van der Waals surface area contributed by atoms with Crippen LogP contribution in [0.4, 0.5) is 0 Å². The third-order valence-corrected chi connectivity index (χ3v) is 4.03. The summed E-state index contributed by atoms with van der Waals surface area (Å²) in [6.45, 7) is 8.95. The molecule has 0 radical (unpaired) electrons. The summed E-state index contributed by atoms with van der Waals surface area (Å²) >= 11 is 0. The maximum absolute atomic E-state index is 11.4. The van der Waals surface area contributed by atoms with Gasteiger partial charge in [0.1, 0.15) is 0 Å². The number of aryl methyl sites for hydroxylation is 2. The number of rotatable bonds is 7. The summed E-state index contributed by atoms with van der Waals surface area (Å²) in [4.78, 5) is 11.4. The second kappa shape index (κ2) is 6.19. The Morgan fingerprint density at radius 3 is 2.53 bits per heavy atom. The molecule has 5 heteroatoms. The van der Waals surface area contributed by atoms with Crippen molar-refractivity contribution < 1.29 is 4.79 Å². The zero-order valence-corrected chi connectivity index (χ0v) is 12.7. The second-order valence-corrected chi connectivity index (χ2v) is 5.28. The molecule has 5 nitrogen and oxygen atoms in total. The van der Waals surface area contributed by atoms with Crippen LogP contribution in [0.1, 0.15) is 43.6 Å². The number of hydrogen-bond donors (Lipinski definition) is 2. The van der Waals surface area contributed by atoms with Crippen LogP contribution < -0.4 is 11.1 Å². The van der Waals surface area contributed by atoms with Gasteiger partial charge < -0.3 is 11.1 Å². The molecule has 0 aliphatic carbocycles. The SMILES string of the molecule is CCc1c(C)nn(CCCC(C)(NC)C(N)=O)c1C. The van der Waals surface area contributed by atoms with Gasteiger partial charge in [0.05, 0.1) is 11.2 Å². The molecule has 0 spiro atoms. The van der Waals surface area contributed by atoms with Gasteiger partial charge in [-0.3, -0.25) is 9.48 Å². The first-order chi connectivity index (χ1) is 8.85. The molecule has 0 aromatic carbocycles. The number of hydrogen-bond acceptors (Lipinski definition) is 3. The highest BCUT2D eigenvalue weighted by Gasteiger charge is 2.28. The van der Waals surface area contributed by atoms with Crippen molar-refractivity contribution in [1.82, 2.24) is 15.1 Å². The Morgan fingerprint density at radius 2 is 2.11 bits per heavy atom. The molecular weight excluding hydrogens is 240 g/mol. The van der Waals surface area contributed by atoms with Gasteiger partial charge in [-0.2, -0.15) is 5.10 Å². The molecule has 1 amide bonds. The zero-order chi connectivity index (χ0) is 14.6. The van der Waals surface area contributed by atoms with E-state index in [2.05, 4.69) is 24.3 Å². The topological polar surface area (TPSA) is 72.9 Å². The Labute approximate surface area is 115 Å². The number of nitrogens with two attached hydrogens (primary N) is 1. The average Bonchev–Trinajstić information content (AvgIpc) is 2.63. The molecule has 0 bridgehead atoms. The minimum Gasteiger partial charge on any atom is -0.368 e. The number of nitrogens with one attached hydrogen (secondary N) is 1. The Balaban J connectivity index is 2.66. The van der Waals surface area contributed by atoms with Crippen LogP contribution in [-0.2, 0) is 17.8 Å². The maximum Gasteiger partial charge on any atom is 0.237 e. The van der Waals surface area contributed by atoms with Crippen LogP contribution >= 0.6 is 0 Å². The van der Waals surface area contributed by atoms with Crippen molar-refractivity contribution in [1.29, 1.82) is 0 Å². The summed E-state index contributed by atoms with van der Waals surface area (Å²) in [5.74, 6) is -0.308. The molecule has 1 aromatic rings. The molecule has 0 saturated carbocycles. The minimum absolute atomic E-state index is 0.308. The molecule has 19 heavy (non-hydrogen) atoms. The molecule has 0 saturated heterocycles. The first-order valence-corrected chi connectivity index (χ1v) is 6.87. The summed E-state index contributed by atoms with van der Waals surface area (Å²) in [6, 6.07) is 0. The lowest BCUT2D eigenvalue weighted by Crippen LogP contribution is -2.51. The molecule has 3 N–H and O–H groups in total. The van der Waals surface area contributed by atoms with Gasteiger partial charge in [0.15, 0.2) is 0 Å². The van der Waals surface area contributed by atoms with Crippen molar-refractivity contribution in [2.45, 2.75) is 59.0 Å². The normalized spacial score (nSPS) is 14.4. The second-order valence-electron chi connectivity index (χ2n) is 5.28. The fourth-order valence-electron chi connectivity index (χ4n) is 2.42. The lowest BCUT2D eigenvalue weighted by molar-refractivity contribution is -0.123. The van der Waals surface area contributed by atoms with Crippen LogP contribution in [0.3, 0.4) is 0 Å². The van der Waals surface area contributed by atoms with Gasteiger partial charge in [0.2, 0.25) is 5.91 Å².